The van der Waals surface area contributed by atoms with Gasteiger partial charge in [-0.1, -0.05) is 48.0 Å². The zero-order valence-corrected chi connectivity index (χ0v) is 14.1. The highest BCUT2D eigenvalue weighted by molar-refractivity contribution is 6.02. The summed E-state index contributed by atoms with van der Waals surface area (Å²) < 4.78 is 5.49. The van der Waals surface area contributed by atoms with E-state index in [0.29, 0.717) is 6.04 Å². The molecule has 3 atom stereocenters. The average molecular weight is 309 g/mol. The highest BCUT2D eigenvalue weighted by Crippen LogP contribution is 2.49. The second kappa shape index (κ2) is 6.17. The molecule has 3 unspecified atom stereocenters. The number of ketones is 1. The van der Waals surface area contributed by atoms with Crippen LogP contribution in [0.3, 0.4) is 0 Å². The number of rotatable bonds is 5. The Labute approximate surface area is 137 Å². The van der Waals surface area contributed by atoms with Gasteiger partial charge in [-0.3, -0.25) is 9.69 Å². The van der Waals surface area contributed by atoms with Gasteiger partial charge in [0.05, 0.1) is 19.2 Å². The highest BCUT2D eigenvalue weighted by atomic mass is 16.5. The molecule has 0 N–H and O–H groups in total. The van der Waals surface area contributed by atoms with Gasteiger partial charge in [-0.05, 0) is 26.8 Å². The number of nitrogens with zero attached hydrogens (tertiary/aromatic N) is 1. The number of ether oxygens (including phenoxy) is 1. The number of para-hydroxylation sites is 1. The molecule has 0 spiro atoms. The smallest absolute Gasteiger partial charge is 0.181 e. The Balaban J connectivity index is 1.92. The lowest BCUT2D eigenvalue weighted by atomic mass is 10.0. The number of hydrogen-bond acceptors (Lipinski definition) is 3. The quantitative estimate of drug-likeness (QED) is 0.617. The fourth-order valence-electron chi connectivity index (χ4n) is 3.30. The summed E-state index contributed by atoms with van der Waals surface area (Å²) >= 11 is 0. The van der Waals surface area contributed by atoms with Crippen molar-refractivity contribution in [1.82, 2.24) is 4.90 Å². The van der Waals surface area contributed by atoms with Crippen LogP contribution in [0.25, 0.3) is 0 Å². The standard InChI is InChI=1S/C20H23NO2/c1-13(2)21-18(16-7-5-6-8-17(16)23-4)19(21)20(22)15-11-9-14(3)10-12-15/h5-13,18-19H,1-4H3. The number of aryl methyl sites for hydroxylation is 1. The molecule has 1 aliphatic rings. The Hall–Kier alpha value is -2.13. The predicted molar refractivity (Wildman–Crippen MR) is 92.0 cm³/mol. The minimum Gasteiger partial charge on any atom is -0.496 e. The minimum absolute atomic E-state index is 0.0972. The van der Waals surface area contributed by atoms with Crippen LogP contribution in [-0.4, -0.2) is 29.9 Å². The monoisotopic (exact) mass is 309 g/mol. The molecule has 1 fully saturated rings. The van der Waals surface area contributed by atoms with Crippen LogP contribution in [0, 0.1) is 6.92 Å². The van der Waals surface area contributed by atoms with Crippen LogP contribution in [0.2, 0.25) is 0 Å². The van der Waals surface area contributed by atoms with Gasteiger partial charge in [-0.2, -0.15) is 0 Å². The maximum Gasteiger partial charge on any atom is 0.181 e. The SMILES string of the molecule is COc1ccccc1C1C(C(=O)c2ccc(C)cc2)N1C(C)C. The van der Waals surface area contributed by atoms with E-state index in [9.17, 15) is 4.79 Å². The van der Waals surface area contributed by atoms with E-state index in [0.717, 1.165) is 16.9 Å². The van der Waals surface area contributed by atoms with E-state index in [4.69, 9.17) is 4.74 Å². The fraction of sp³-hybridized carbons (Fsp3) is 0.350. The number of benzene rings is 2. The van der Waals surface area contributed by atoms with E-state index < -0.39 is 0 Å². The normalized spacial score (nSPS) is 22.9. The third-order valence-corrected chi connectivity index (χ3v) is 4.51. The zero-order valence-electron chi connectivity index (χ0n) is 14.1. The molecule has 3 heteroatoms. The van der Waals surface area contributed by atoms with Gasteiger partial charge in [0.2, 0.25) is 0 Å². The van der Waals surface area contributed by atoms with Gasteiger partial charge >= 0.3 is 0 Å². The second-order valence-corrected chi connectivity index (χ2v) is 6.40. The third kappa shape index (κ3) is 2.89. The van der Waals surface area contributed by atoms with Crippen molar-refractivity contribution in [2.75, 3.05) is 7.11 Å². The Kier molecular flexibility index (Phi) is 4.22. The lowest BCUT2D eigenvalue weighted by Crippen LogP contribution is -2.18. The Morgan fingerprint density at radius 2 is 1.74 bits per heavy atom. The van der Waals surface area contributed by atoms with E-state index in [1.165, 1.54) is 5.56 Å². The van der Waals surface area contributed by atoms with Crippen molar-refractivity contribution in [2.45, 2.75) is 38.9 Å². The first-order chi connectivity index (χ1) is 11.0. The van der Waals surface area contributed by atoms with Crippen molar-refractivity contribution in [1.29, 1.82) is 0 Å². The van der Waals surface area contributed by atoms with E-state index in [1.54, 1.807) is 7.11 Å². The van der Waals surface area contributed by atoms with Crippen LogP contribution in [0.15, 0.2) is 48.5 Å². The molecular formula is C20H23NO2. The van der Waals surface area contributed by atoms with E-state index >= 15 is 0 Å². The van der Waals surface area contributed by atoms with Crippen molar-refractivity contribution in [3.8, 4) is 5.75 Å². The number of carbonyl (C=O) groups is 1. The molecule has 3 nitrogen and oxygen atoms in total. The first kappa shape index (κ1) is 15.8. The van der Waals surface area contributed by atoms with Crippen molar-refractivity contribution in [3.63, 3.8) is 0 Å². The molecule has 0 aliphatic carbocycles. The topological polar surface area (TPSA) is 29.3 Å². The van der Waals surface area contributed by atoms with E-state index in [2.05, 4.69) is 24.8 Å². The predicted octanol–water partition coefficient (Wildman–Crippen LogP) is 4.02. The molecule has 2 aromatic carbocycles. The van der Waals surface area contributed by atoms with Gasteiger partial charge < -0.3 is 4.74 Å². The number of hydrogen-bond donors (Lipinski definition) is 0. The molecular weight excluding hydrogens is 286 g/mol. The number of methoxy groups -OCH3 is 1. The molecule has 2 aromatic rings. The third-order valence-electron chi connectivity index (χ3n) is 4.51. The summed E-state index contributed by atoms with van der Waals surface area (Å²) in [6.45, 7) is 6.29. The summed E-state index contributed by atoms with van der Waals surface area (Å²) in [7, 11) is 1.68. The molecule has 0 amide bonds. The molecule has 1 saturated heterocycles. The highest BCUT2D eigenvalue weighted by Gasteiger charge is 2.55. The molecule has 0 aromatic heterocycles. The van der Waals surface area contributed by atoms with Gasteiger partial charge in [-0.15, -0.1) is 0 Å². The molecule has 3 rings (SSSR count). The first-order valence-corrected chi connectivity index (χ1v) is 8.06. The van der Waals surface area contributed by atoms with Crippen molar-refractivity contribution >= 4 is 5.78 Å². The molecule has 0 bridgehead atoms. The Morgan fingerprint density at radius 3 is 2.35 bits per heavy atom. The maximum absolute atomic E-state index is 12.9. The molecule has 120 valence electrons. The van der Waals surface area contributed by atoms with Crippen LogP contribution < -0.4 is 4.74 Å². The summed E-state index contributed by atoms with van der Waals surface area (Å²) in [4.78, 5) is 15.2. The Morgan fingerprint density at radius 1 is 1.09 bits per heavy atom. The zero-order chi connectivity index (χ0) is 16.6. The van der Waals surface area contributed by atoms with Crippen LogP contribution in [0.5, 0.6) is 5.75 Å². The van der Waals surface area contributed by atoms with E-state index in [-0.39, 0.29) is 17.9 Å². The summed E-state index contributed by atoms with van der Waals surface area (Å²) in [6.07, 6.45) is 0. The van der Waals surface area contributed by atoms with Gasteiger partial charge in [0.1, 0.15) is 5.75 Å². The van der Waals surface area contributed by atoms with Gasteiger partial charge in [0, 0.05) is 17.2 Å². The lowest BCUT2D eigenvalue weighted by molar-refractivity contribution is 0.0969. The van der Waals surface area contributed by atoms with Gasteiger partial charge in [0.25, 0.3) is 0 Å². The van der Waals surface area contributed by atoms with Crippen LogP contribution in [-0.2, 0) is 0 Å². The van der Waals surface area contributed by atoms with Gasteiger partial charge in [0.15, 0.2) is 5.78 Å². The van der Waals surface area contributed by atoms with Crippen LogP contribution in [0.4, 0.5) is 0 Å². The van der Waals surface area contributed by atoms with Crippen molar-refractivity contribution in [2.24, 2.45) is 0 Å². The summed E-state index contributed by atoms with van der Waals surface area (Å²) in [5.41, 5.74) is 3.04. The van der Waals surface area contributed by atoms with Crippen molar-refractivity contribution in [3.05, 3.63) is 65.2 Å². The average Bonchev–Trinajstić information content (AvgIpc) is 3.30. The molecule has 1 aliphatic heterocycles. The largest absolute Gasteiger partial charge is 0.496 e. The summed E-state index contributed by atoms with van der Waals surface area (Å²) in [5, 5.41) is 0. The van der Waals surface area contributed by atoms with Crippen LogP contribution >= 0.6 is 0 Å². The number of Topliss-reactive ketones (excluding diaryl/α,β-unsaturated/α-hetero) is 1. The lowest BCUT2D eigenvalue weighted by Gasteiger charge is -2.10. The molecule has 0 radical (unpaired) electrons. The minimum atomic E-state index is -0.103. The second-order valence-electron chi connectivity index (χ2n) is 6.40. The summed E-state index contributed by atoms with van der Waals surface area (Å²) in [6, 6.07) is 16.1. The molecule has 23 heavy (non-hydrogen) atoms. The van der Waals surface area contributed by atoms with Crippen molar-refractivity contribution < 1.29 is 9.53 Å². The molecule has 1 heterocycles. The van der Waals surface area contributed by atoms with Crippen LogP contribution in [0.1, 0.15) is 41.4 Å². The maximum atomic E-state index is 12.9. The van der Waals surface area contributed by atoms with E-state index in [1.807, 2.05) is 49.4 Å². The number of carbonyl (C=O) groups excluding carboxylic acids is 1. The van der Waals surface area contributed by atoms with Gasteiger partial charge in [-0.25, -0.2) is 0 Å². The first-order valence-electron chi connectivity index (χ1n) is 8.06. The Bertz CT molecular complexity index is 706. The summed E-state index contributed by atoms with van der Waals surface area (Å²) in [5.74, 6) is 1.04. The fourth-order valence-corrected chi connectivity index (χ4v) is 3.30. The molecule has 0 saturated carbocycles.